The van der Waals surface area contributed by atoms with Gasteiger partial charge in [-0.15, -0.1) is 0 Å². The van der Waals surface area contributed by atoms with Crippen LogP contribution in [0.3, 0.4) is 0 Å². The van der Waals surface area contributed by atoms with Crippen molar-refractivity contribution in [3.63, 3.8) is 0 Å². The van der Waals surface area contributed by atoms with Crippen molar-refractivity contribution in [2.75, 3.05) is 33.3 Å². The number of esters is 1. The van der Waals surface area contributed by atoms with E-state index in [2.05, 4.69) is 15.2 Å². The fourth-order valence-electron chi connectivity index (χ4n) is 3.50. The molecule has 29 heavy (non-hydrogen) atoms. The molecule has 1 aromatic rings. The van der Waals surface area contributed by atoms with Gasteiger partial charge in [-0.1, -0.05) is 25.0 Å². The molecule has 6 nitrogen and oxygen atoms in total. The van der Waals surface area contributed by atoms with Gasteiger partial charge in [-0.2, -0.15) is 0 Å². The maximum atomic E-state index is 13.2. The molecule has 1 fully saturated rings. The Hall–Kier alpha value is -2.15. The van der Waals surface area contributed by atoms with Gasteiger partial charge < -0.3 is 19.7 Å². The number of rotatable bonds is 9. The zero-order chi connectivity index (χ0) is 21.1. The van der Waals surface area contributed by atoms with Gasteiger partial charge in [0.1, 0.15) is 11.9 Å². The largest absolute Gasteiger partial charge is 0.466 e. The highest BCUT2D eigenvalue weighted by Crippen LogP contribution is 2.25. The van der Waals surface area contributed by atoms with Gasteiger partial charge in [0.25, 0.3) is 0 Å². The Labute approximate surface area is 173 Å². The Bertz CT molecular complexity index is 651. The van der Waals surface area contributed by atoms with Crippen LogP contribution in [0.15, 0.2) is 29.3 Å². The number of nitrogens with one attached hydrogen (secondary N) is 1. The smallest absolute Gasteiger partial charge is 0.305 e. The molecule has 0 amide bonds. The lowest BCUT2D eigenvalue weighted by molar-refractivity contribution is -0.143. The summed E-state index contributed by atoms with van der Waals surface area (Å²) in [7, 11) is 1.79. The van der Waals surface area contributed by atoms with E-state index >= 15 is 0 Å². The molecule has 7 heteroatoms. The van der Waals surface area contributed by atoms with Gasteiger partial charge in [0, 0.05) is 26.6 Å². The molecule has 0 aromatic heterocycles. The minimum Gasteiger partial charge on any atom is -0.466 e. The highest BCUT2D eigenvalue weighted by molar-refractivity contribution is 5.80. The zero-order valence-electron chi connectivity index (χ0n) is 17.8. The van der Waals surface area contributed by atoms with E-state index < -0.39 is 0 Å². The summed E-state index contributed by atoms with van der Waals surface area (Å²) >= 11 is 0. The lowest BCUT2D eigenvalue weighted by Crippen LogP contribution is -2.50. The first-order valence-corrected chi connectivity index (χ1v) is 10.6. The molecule has 0 spiro atoms. The van der Waals surface area contributed by atoms with Crippen LogP contribution >= 0.6 is 0 Å². The minimum atomic E-state index is -0.241. The molecule has 1 N–H and O–H groups in total. The zero-order valence-corrected chi connectivity index (χ0v) is 17.8. The van der Waals surface area contributed by atoms with E-state index in [1.807, 2.05) is 13.8 Å². The predicted molar refractivity (Wildman–Crippen MR) is 112 cm³/mol. The first-order valence-electron chi connectivity index (χ1n) is 10.6. The molecule has 2 atom stereocenters. The van der Waals surface area contributed by atoms with Gasteiger partial charge in [0.15, 0.2) is 5.96 Å². The molecular formula is C22H34FN3O3. The average Bonchev–Trinajstić information content (AvgIpc) is 2.70. The molecule has 1 aliphatic rings. The van der Waals surface area contributed by atoms with Gasteiger partial charge in [-0.05, 0) is 44.4 Å². The van der Waals surface area contributed by atoms with Gasteiger partial charge in [-0.3, -0.25) is 9.79 Å². The van der Waals surface area contributed by atoms with Gasteiger partial charge in [-0.25, -0.2) is 4.39 Å². The average molecular weight is 408 g/mol. The SMILES string of the molecule is CCOC(=O)CCCCCCNC(=NC)N1CC(C)OC(c2ccc(F)cc2)C1. The minimum absolute atomic E-state index is 0.0558. The number of halogens is 1. The number of hydrogen-bond acceptors (Lipinski definition) is 4. The Morgan fingerprint density at radius 2 is 1.97 bits per heavy atom. The molecular weight excluding hydrogens is 373 g/mol. The molecule has 162 valence electrons. The van der Waals surface area contributed by atoms with Gasteiger partial charge in [0.2, 0.25) is 0 Å². The summed E-state index contributed by atoms with van der Waals surface area (Å²) in [5.74, 6) is 0.510. The van der Waals surface area contributed by atoms with E-state index in [0.717, 1.165) is 50.3 Å². The van der Waals surface area contributed by atoms with Crippen LogP contribution in [0.4, 0.5) is 4.39 Å². The number of benzene rings is 1. The Kier molecular flexibility index (Phi) is 9.91. The molecule has 0 bridgehead atoms. The van der Waals surface area contributed by atoms with E-state index in [4.69, 9.17) is 9.47 Å². The molecule has 2 unspecified atom stereocenters. The summed E-state index contributed by atoms with van der Waals surface area (Å²) in [6, 6.07) is 6.50. The lowest BCUT2D eigenvalue weighted by Gasteiger charge is -2.38. The fraction of sp³-hybridized carbons (Fsp3) is 0.636. The number of unbranched alkanes of at least 4 members (excludes halogenated alkanes) is 3. The highest BCUT2D eigenvalue weighted by Gasteiger charge is 2.28. The van der Waals surface area contributed by atoms with Crippen LogP contribution in [0.25, 0.3) is 0 Å². The van der Waals surface area contributed by atoms with Crippen molar-refractivity contribution in [1.29, 1.82) is 0 Å². The van der Waals surface area contributed by atoms with Crippen molar-refractivity contribution in [3.8, 4) is 0 Å². The highest BCUT2D eigenvalue weighted by atomic mass is 19.1. The van der Waals surface area contributed by atoms with Crippen LogP contribution in [0.2, 0.25) is 0 Å². The quantitative estimate of drug-likeness (QED) is 0.293. The van der Waals surface area contributed by atoms with Crippen molar-refractivity contribution in [1.82, 2.24) is 10.2 Å². The van der Waals surface area contributed by atoms with Crippen LogP contribution in [-0.4, -0.2) is 56.2 Å². The first kappa shape index (κ1) is 23.1. The predicted octanol–water partition coefficient (Wildman–Crippen LogP) is 3.68. The Balaban J connectivity index is 1.74. The van der Waals surface area contributed by atoms with Crippen molar-refractivity contribution in [2.24, 2.45) is 4.99 Å². The third-order valence-electron chi connectivity index (χ3n) is 4.91. The van der Waals surface area contributed by atoms with Crippen LogP contribution in [-0.2, 0) is 14.3 Å². The number of carbonyl (C=O) groups is 1. The number of nitrogens with zero attached hydrogens (tertiary/aromatic N) is 2. The molecule has 1 aliphatic heterocycles. The van der Waals surface area contributed by atoms with Crippen LogP contribution < -0.4 is 5.32 Å². The summed E-state index contributed by atoms with van der Waals surface area (Å²) in [4.78, 5) is 17.9. The van der Waals surface area contributed by atoms with E-state index in [-0.39, 0.29) is 24.0 Å². The van der Waals surface area contributed by atoms with E-state index in [0.29, 0.717) is 19.6 Å². The summed E-state index contributed by atoms with van der Waals surface area (Å²) < 4.78 is 24.2. The van der Waals surface area contributed by atoms with Crippen LogP contribution in [0.5, 0.6) is 0 Å². The third-order valence-corrected chi connectivity index (χ3v) is 4.91. The summed E-state index contributed by atoms with van der Waals surface area (Å²) in [6.45, 7) is 6.59. The lowest BCUT2D eigenvalue weighted by atomic mass is 10.1. The Morgan fingerprint density at radius 1 is 1.24 bits per heavy atom. The number of hydrogen-bond donors (Lipinski definition) is 1. The number of aliphatic imine (C=N–C) groups is 1. The second-order valence-electron chi connectivity index (χ2n) is 7.34. The molecule has 0 saturated carbocycles. The molecule has 1 aromatic carbocycles. The number of carbonyl (C=O) groups excluding carboxylic acids is 1. The molecule has 0 aliphatic carbocycles. The maximum absolute atomic E-state index is 13.2. The normalized spacial score (nSPS) is 19.9. The second kappa shape index (κ2) is 12.4. The standard InChI is InChI=1S/C22H34FN3O3/c1-4-28-21(27)9-7-5-6-8-14-25-22(24-3)26-15-17(2)29-20(16-26)18-10-12-19(23)13-11-18/h10-13,17,20H,4-9,14-16H2,1-3H3,(H,24,25). The van der Waals surface area contributed by atoms with Gasteiger partial charge >= 0.3 is 5.97 Å². The molecule has 0 radical (unpaired) electrons. The topological polar surface area (TPSA) is 63.2 Å². The van der Waals surface area contributed by atoms with E-state index in [1.165, 1.54) is 12.1 Å². The Morgan fingerprint density at radius 3 is 2.66 bits per heavy atom. The number of guanidine groups is 1. The number of ether oxygens (including phenoxy) is 2. The molecule has 1 saturated heterocycles. The van der Waals surface area contributed by atoms with Crippen molar-refractivity contribution in [2.45, 2.75) is 58.2 Å². The third kappa shape index (κ3) is 8.01. The van der Waals surface area contributed by atoms with Crippen molar-refractivity contribution in [3.05, 3.63) is 35.6 Å². The van der Waals surface area contributed by atoms with E-state index in [1.54, 1.807) is 19.2 Å². The molecule has 1 heterocycles. The number of morpholine rings is 1. The van der Waals surface area contributed by atoms with E-state index in [9.17, 15) is 9.18 Å². The van der Waals surface area contributed by atoms with Crippen LogP contribution in [0, 0.1) is 5.82 Å². The summed E-state index contributed by atoms with van der Waals surface area (Å²) in [5.41, 5.74) is 0.972. The summed E-state index contributed by atoms with van der Waals surface area (Å²) in [6.07, 6.45) is 4.40. The van der Waals surface area contributed by atoms with Crippen molar-refractivity contribution < 1.29 is 18.7 Å². The fourth-order valence-corrected chi connectivity index (χ4v) is 3.50. The molecule has 2 rings (SSSR count). The van der Waals surface area contributed by atoms with Crippen molar-refractivity contribution >= 4 is 11.9 Å². The monoisotopic (exact) mass is 407 g/mol. The van der Waals surface area contributed by atoms with Gasteiger partial charge in [0.05, 0.1) is 19.3 Å². The van der Waals surface area contributed by atoms with Crippen LogP contribution in [0.1, 0.15) is 57.6 Å². The second-order valence-corrected chi connectivity index (χ2v) is 7.34. The first-order chi connectivity index (χ1) is 14.0. The summed E-state index contributed by atoms with van der Waals surface area (Å²) in [5, 5.41) is 3.43. The maximum Gasteiger partial charge on any atom is 0.305 e.